The molecule has 0 N–H and O–H groups in total. The summed E-state index contributed by atoms with van der Waals surface area (Å²) in [7, 11) is 0. The van der Waals surface area contributed by atoms with Gasteiger partial charge in [0.05, 0.1) is 11.6 Å². The molecular weight excluding hydrogens is 409 g/mol. The lowest BCUT2D eigenvalue weighted by atomic mass is 9.93. The zero-order chi connectivity index (χ0) is 22.0. The lowest BCUT2D eigenvalue weighted by Gasteiger charge is -2.38. The van der Waals surface area contributed by atoms with E-state index in [4.69, 9.17) is 4.52 Å². The summed E-state index contributed by atoms with van der Waals surface area (Å²) in [6, 6.07) is 4.69. The molecule has 2 aromatic rings. The summed E-state index contributed by atoms with van der Waals surface area (Å²) in [5.74, 6) is 0.790. The van der Waals surface area contributed by atoms with E-state index in [9.17, 15) is 18.0 Å². The zero-order valence-corrected chi connectivity index (χ0v) is 17.3. The molecule has 1 aromatic heterocycles. The molecule has 2 atom stereocenters. The largest absolute Gasteiger partial charge is 0.416 e. The van der Waals surface area contributed by atoms with Crippen LogP contribution >= 0.6 is 0 Å². The van der Waals surface area contributed by atoms with E-state index in [2.05, 4.69) is 27.2 Å². The number of amides is 1. The Hall–Kier alpha value is -2.68. The third-order valence-corrected chi connectivity index (χ3v) is 6.04. The standard InChI is InChI=1S/C22H25F3N4O2/c1-15(28-10-12-29(13-11-28)21(30)16-6-3-2-4-7-16)20-26-19(27-31-20)17-8-5-9-18(14-17)22(23,24)25/h2-3,5,8-9,14-16H,4,6-7,10-13H2,1H3. The number of hydrogen-bond acceptors (Lipinski definition) is 5. The van der Waals surface area contributed by atoms with Crippen LogP contribution in [0.1, 0.15) is 43.7 Å². The van der Waals surface area contributed by atoms with E-state index in [0.29, 0.717) is 32.1 Å². The lowest BCUT2D eigenvalue weighted by molar-refractivity contribution is -0.138. The van der Waals surface area contributed by atoms with E-state index in [1.165, 1.54) is 12.1 Å². The lowest BCUT2D eigenvalue weighted by Crippen LogP contribution is -2.50. The molecule has 0 spiro atoms. The van der Waals surface area contributed by atoms with E-state index < -0.39 is 11.7 Å². The molecule has 9 heteroatoms. The van der Waals surface area contributed by atoms with Crippen LogP contribution in [0, 0.1) is 5.92 Å². The highest BCUT2D eigenvalue weighted by Crippen LogP contribution is 2.32. The summed E-state index contributed by atoms with van der Waals surface area (Å²) < 4.78 is 44.3. The second-order valence-electron chi connectivity index (χ2n) is 8.05. The summed E-state index contributed by atoms with van der Waals surface area (Å²) in [6.07, 6.45) is 2.46. The highest BCUT2D eigenvalue weighted by molar-refractivity contribution is 5.79. The molecule has 1 amide bonds. The summed E-state index contributed by atoms with van der Waals surface area (Å²) in [5, 5.41) is 3.88. The minimum atomic E-state index is -4.43. The average molecular weight is 434 g/mol. The van der Waals surface area contributed by atoms with Crippen molar-refractivity contribution < 1.29 is 22.5 Å². The molecule has 1 aliphatic carbocycles. The molecule has 1 saturated heterocycles. The van der Waals surface area contributed by atoms with Gasteiger partial charge in [-0.2, -0.15) is 18.2 Å². The second-order valence-corrected chi connectivity index (χ2v) is 8.05. The number of halogens is 3. The van der Waals surface area contributed by atoms with Gasteiger partial charge in [-0.05, 0) is 38.3 Å². The topological polar surface area (TPSA) is 62.5 Å². The molecule has 2 aliphatic rings. The minimum absolute atomic E-state index is 0.0833. The van der Waals surface area contributed by atoms with E-state index in [0.717, 1.165) is 31.4 Å². The summed E-state index contributed by atoms with van der Waals surface area (Å²) in [5.41, 5.74) is -0.493. The normalized spacial score (nSPS) is 21.3. The van der Waals surface area contributed by atoms with Crippen molar-refractivity contribution in [3.8, 4) is 11.4 Å². The van der Waals surface area contributed by atoms with Gasteiger partial charge in [0.2, 0.25) is 17.6 Å². The predicted molar refractivity (Wildman–Crippen MR) is 108 cm³/mol. The van der Waals surface area contributed by atoms with Gasteiger partial charge >= 0.3 is 6.18 Å². The van der Waals surface area contributed by atoms with Crippen molar-refractivity contribution in [2.45, 2.75) is 38.4 Å². The van der Waals surface area contributed by atoms with Crippen LogP contribution in [0.2, 0.25) is 0 Å². The maximum Gasteiger partial charge on any atom is 0.416 e. The van der Waals surface area contributed by atoms with E-state index in [1.54, 1.807) is 0 Å². The third-order valence-electron chi connectivity index (χ3n) is 6.04. The van der Waals surface area contributed by atoms with E-state index in [1.807, 2.05) is 11.8 Å². The SMILES string of the molecule is CC(c1nc(-c2cccc(C(F)(F)F)c2)no1)N1CCN(C(=O)C2CC=CCC2)CC1. The van der Waals surface area contributed by atoms with Gasteiger partial charge in [0.1, 0.15) is 0 Å². The van der Waals surface area contributed by atoms with Gasteiger partial charge in [0, 0.05) is 37.7 Å². The minimum Gasteiger partial charge on any atom is -0.340 e. The zero-order valence-electron chi connectivity index (χ0n) is 17.3. The third kappa shape index (κ3) is 4.81. The van der Waals surface area contributed by atoms with Crippen LogP contribution in [0.25, 0.3) is 11.4 Å². The molecule has 1 aliphatic heterocycles. The number of aromatic nitrogens is 2. The van der Waals surface area contributed by atoms with Gasteiger partial charge in [0.15, 0.2) is 0 Å². The van der Waals surface area contributed by atoms with Crippen LogP contribution < -0.4 is 0 Å². The number of carbonyl (C=O) groups excluding carboxylic acids is 1. The molecule has 1 fully saturated rings. The molecule has 2 heterocycles. The number of hydrogen-bond donors (Lipinski definition) is 0. The average Bonchev–Trinajstić information content (AvgIpc) is 3.29. The molecule has 2 unspecified atom stereocenters. The number of rotatable bonds is 4. The maximum atomic E-state index is 13.0. The molecular formula is C22H25F3N4O2. The van der Waals surface area contributed by atoms with Gasteiger partial charge < -0.3 is 9.42 Å². The quantitative estimate of drug-likeness (QED) is 0.671. The van der Waals surface area contributed by atoms with Crippen molar-refractivity contribution in [3.05, 3.63) is 47.9 Å². The van der Waals surface area contributed by atoms with Gasteiger partial charge in [-0.3, -0.25) is 9.69 Å². The number of alkyl halides is 3. The highest BCUT2D eigenvalue weighted by Gasteiger charge is 2.32. The van der Waals surface area contributed by atoms with Crippen LogP contribution in [0.5, 0.6) is 0 Å². The van der Waals surface area contributed by atoms with Crippen molar-refractivity contribution in [1.82, 2.24) is 19.9 Å². The van der Waals surface area contributed by atoms with Crippen molar-refractivity contribution in [2.75, 3.05) is 26.2 Å². The van der Waals surface area contributed by atoms with Crippen molar-refractivity contribution in [2.24, 2.45) is 5.92 Å². The molecule has 0 bridgehead atoms. The molecule has 0 radical (unpaired) electrons. The van der Waals surface area contributed by atoms with Crippen LogP contribution in [-0.2, 0) is 11.0 Å². The molecule has 1 aromatic carbocycles. The fourth-order valence-electron chi connectivity index (χ4n) is 4.12. The first-order chi connectivity index (χ1) is 14.8. The Balaban J connectivity index is 1.38. The first-order valence-electron chi connectivity index (χ1n) is 10.5. The van der Waals surface area contributed by atoms with Crippen LogP contribution in [0.4, 0.5) is 13.2 Å². The molecule has 31 heavy (non-hydrogen) atoms. The van der Waals surface area contributed by atoms with E-state index in [-0.39, 0.29) is 29.3 Å². The van der Waals surface area contributed by atoms with Crippen LogP contribution in [0.15, 0.2) is 40.9 Å². The van der Waals surface area contributed by atoms with Gasteiger partial charge in [-0.15, -0.1) is 0 Å². The van der Waals surface area contributed by atoms with Gasteiger partial charge in [-0.1, -0.05) is 29.4 Å². The monoisotopic (exact) mass is 434 g/mol. The Morgan fingerprint density at radius 1 is 1.19 bits per heavy atom. The number of allylic oxidation sites excluding steroid dienone is 2. The van der Waals surface area contributed by atoms with Crippen molar-refractivity contribution in [1.29, 1.82) is 0 Å². The Morgan fingerprint density at radius 3 is 2.65 bits per heavy atom. The maximum absolute atomic E-state index is 13.0. The first kappa shape index (κ1) is 21.5. The molecule has 6 nitrogen and oxygen atoms in total. The predicted octanol–water partition coefficient (Wildman–Crippen LogP) is 4.32. The Bertz CT molecular complexity index is 948. The number of nitrogens with zero attached hydrogens (tertiary/aromatic N) is 4. The smallest absolute Gasteiger partial charge is 0.340 e. The van der Waals surface area contributed by atoms with Gasteiger partial charge in [-0.25, -0.2) is 0 Å². The second kappa shape index (κ2) is 8.82. The van der Waals surface area contributed by atoms with Crippen molar-refractivity contribution >= 4 is 5.91 Å². The highest BCUT2D eigenvalue weighted by atomic mass is 19.4. The number of carbonyl (C=O) groups is 1. The summed E-state index contributed by atoms with van der Waals surface area (Å²) in [6.45, 7) is 4.55. The van der Waals surface area contributed by atoms with Crippen LogP contribution in [0.3, 0.4) is 0 Å². The number of piperazine rings is 1. The Kier molecular flexibility index (Phi) is 6.13. The van der Waals surface area contributed by atoms with E-state index >= 15 is 0 Å². The molecule has 4 rings (SSSR count). The Labute approximate surface area is 178 Å². The summed E-state index contributed by atoms with van der Waals surface area (Å²) >= 11 is 0. The van der Waals surface area contributed by atoms with Gasteiger partial charge in [0.25, 0.3) is 0 Å². The van der Waals surface area contributed by atoms with Crippen LogP contribution in [-0.4, -0.2) is 52.0 Å². The molecule has 166 valence electrons. The fraction of sp³-hybridized carbons (Fsp3) is 0.500. The summed E-state index contributed by atoms with van der Waals surface area (Å²) in [4.78, 5) is 21.1. The molecule has 0 saturated carbocycles. The fourth-order valence-corrected chi connectivity index (χ4v) is 4.12. The Morgan fingerprint density at radius 2 is 1.97 bits per heavy atom. The van der Waals surface area contributed by atoms with Crippen molar-refractivity contribution in [3.63, 3.8) is 0 Å². The number of benzene rings is 1. The first-order valence-corrected chi connectivity index (χ1v) is 10.5.